The lowest BCUT2D eigenvalue weighted by Crippen LogP contribution is -2.18. The normalized spacial score (nSPS) is 14.6. The average molecular weight is 612 g/mol. The summed E-state index contributed by atoms with van der Waals surface area (Å²) in [6, 6.07) is 19.2. The van der Waals surface area contributed by atoms with Crippen LogP contribution >= 0.6 is 11.6 Å². The highest BCUT2D eigenvalue weighted by Gasteiger charge is 2.21. The second kappa shape index (κ2) is 14.2. The number of likely N-dealkylation sites (N-methyl/N-ethyl adjacent to an activating group) is 1. The zero-order valence-electron chi connectivity index (χ0n) is 24.9. The first-order valence-corrected chi connectivity index (χ1v) is 14.7. The highest BCUT2D eigenvalue weighted by molar-refractivity contribution is 6.32. The summed E-state index contributed by atoms with van der Waals surface area (Å²) in [4.78, 5) is 19.3. The van der Waals surface area contributed by atoms with Crippen molar-refractivity contribution >= 4 is 45.5 Å². The maximum atomic E-state index is 12.8. The van der Waals surface area contributed by atoms with Crippen LogP contribution in [-0.2, 0) is 16.1 Å². The van der Waals surface area contributed by atoms with Crippen LogP contribution in [0.5, 0.6) is 11.5 Å². The molecule has 10 heteroatoms. The van der Waals surface area contributed by atoms with Crippen molar-refractivity contribution in [1.82, 2.24) is 9.88 Å². The van der Waals surface area contributed by atoms with Crippen LogP contribution in [0.3, 0.4) is 0 Å². The summed E-state index contributed by atoms with van der Waals surface area (Å²) in [7, 11) is 3.85. The third-order valence-corrected chi connectivity index (χ3v) is 7.24. The first kappa shape index (κ1) is 30.8. The Hall–Kier alpha value is -4.62. The smallest absolute Gasteiger partial charge is 0.248 e. The predicted molar refractivity (Wildman–Crippen MR) is 173 cm³/mol. The van der Waals surface area contributed by atoms with E-state index < -0.39 is 0 Å². The van der Waals surface area contributed by atoms with E-state index in [9.17, 15) is 10.1 Å². The zero-order chi connectivity index (χ0) is 31.1. The van der Waals surface area contributed by atoms with Crippen LogP contribution in [0.1, 0.15) is 23.1 Å². The van der Waals surface area contributed by atoms with Crippen molar-refractivity contribution in [2.24, 2.45) is 0 Å². The molecule has 1 amide bonds. The number of carbonyl (C=O) groups excluding carboxylic acids is 1. The summed E-state index contributed by atoms with van der Waals surface area (Å²) < 4.78 is 17.7. The lowest BCUT2D eigenvalue weighted by Gasteiger charge is -2.19. The van der Waals surface area contributed by atoms with E-state index in [4.69, 9.17) is 25.8 Å². The lowest BCUT2D eigenvalue weighted by molar-refractivity contribution is -0.111. The van der Waals surface area contributed by atoms with Crippen LogP contribution in [0, 0.1) is 18.3 Å². The number of benzene rings is 3. The fourth-order valence-electron chi connectivity index (χ4n) is 4.77. The highest BCUT2D eigenvalue weighted by atomic mass is 35.5. The number of hydrogen-bond donors (Lipinski definition) is 2. The quantitative estimate of drug-likeness (QED) is 0.182. The van der Waals surface area contributed by atoms with Crippen molar-refractivity contribution in [3.05, 3.63) is 94.7 Å². The molecule has 5 rings (SSSR count). The lowest BCUT2D eigenvalue weighted by atomic mass is 10.1. The molecule has 2 N–H and O–H groups in total. The van der Waals surface area contributed by atoms with Crippen LogP contribution in [0.2, 0.25) is 5.02 Å². The van der Waals surface area contributed by atoms with Gasteiger partial charge in [0.1, 0.15) is 30.3 Å². The average Bonchev–Trinajstić information content (AvgIpc) is 3.50. The van der Waals surface area contributed by atoms with Gasteiger partial charge in [-0.05, 0) is 50.8 Å². The van der Waals surface area contributed by atoms with Gasteiger partial charge in [-0.2, -0.15) is 5.26 Å². The number of aromatic nitrogens is 1. The summed E-state index contributed by atoms with van der Waals surface area (Å²) in [6.07, 6.45) is 5.38. The number of carbonyl (C=O) groups is 1. The van der Waals surface area contributed by atoms with E-state index in [0.717, 1.165) is 17.5 Å². The Kier molecular flexibility index (Phi) is 9.97. The number of aryl methyl sites for hydroxylation is 1. The largest absolute Gasteiger partial charge is 0.487 e. The Morgan fingerprint density at radius 3 is 2.80 bits per heavy atom. The number of nitrogens with one attached hydrogen (secondary N) is 2. The van der Waals surface area contributed by atoms with E-state index in [1.807, 2.05) is 50.2 Å². The Morgan fingerprint density at radius 1 is 1.20 bits per heavy atom. The van der Waals surface area contributed by atoms with Gasteiger partial charge in [-0.15, -0.1) is 0 Å². The molecule has 0 bridgehead atoms. The predicted octanol–water partition coefficient (Wildman–Crippen LogP) is 6.61. The van der Waals surface area contributed by atoms with Crippen LogP contribution in [0.4, 0.5) is 17.1 Å². The molecule has 9 nitrogen and oxygen atoms in total. The number of nitrogens with zero attached hydrogens (tertiary/aromatic N) is 3. The summed E-state index contributed by atoms with van der Waals surface area (Å²) in [6.45, 7) is 4.12. The van der Waals surface area contributed by atoms with Gasteiger partial charge in [0, 0.05) is 42.4 Å². The van der Waals surface area contributed by atoms with Gasteiger partial charge in [-0.3, -0.25) is 9.78 Å². The molecule has 0 aliphatic carbocycles. The molecule has 1 aromatic heterocycles. The molecule has 1 aliphatic heterocycles. The summed E-state index contributed by atoms with van der Waals surface area (Å²) in [5, 5.41) is 17.3. The molecular weight excluding hydrogens is 578 g/mol. The van der Waals surface area contributed by atoms with Gasteiger partial charge in [-0.1, -0.05) is 47.5 Å². The minimum atomic E-state index is -0.300. The second-order valence-corrected chi connectivity index (χ2v) is 11.2. The Labute approximate surface area is 262 Å². The number of amides is 1. The van der Waals surface area contributed by atoms with E-state index in [-0.39, 0.29) is 12.0 Å². The Bertz CT molecular complexity index is 1730. The van der Waals surface area contributed by atoms with Crippen molar-refractivity contribution in [3.63, 3.8) is 0 Å². The van der Waals surface area contributed by atoms with Crippen LogP contribution in [-0.4, -0.2) is 55.7 Å². The van der Waals surface area contributed by atoms with Gasteiger partial charge >= 0.3 is 0 Å². The van der Waals surface area contributed by atoms with E-state index in [2.05, 4.69) is 27.8 Å². The van der Waals surface area contributed by atoms with Crippen LogP contribution in [0.25, 0.3) is 10.9 Å². The van der Waals surface area contributed by atoms with Crippen molar-refractivity contribution < 1.29 is 19.0 Å². The molecule has 1 aliphatic rings. The van der Waals surface area contributed by atoms with E-state index in [0.29, 0.717) is 76.4 Å². The van der Waals surface area contributed by atoms with Gasteiger partial charge in [0.25, 0.3) is 0 Å². The fourth-order valence-corrected chi connectivity index (χ4v) is 5.00. The number of pyridine rings is 1. The first-order chi connectivity index (χ1) is 21.3. The summed E-state index contributed by atoms with van der Waals surface area (Å²) in [5.74, 6) is 0.721. The first-order valence-electron chi connectivity index (χ1n) is 14.3. The molecule has 226 valence electrons. The third kappa shape index (κ3) is 7.85. The number of anilines is 3. The molecule has 1 atom stereocenters. The molecule has 1 unspecified atom stereocenters. The number of hydrogen-bond acceptors (Lipinski definition) is 8. The van der Waals surface area contributed by atoms with Crippen molar-refractivity contribution in [1.29, 1.82) is 5.26 Å². The molecule has 0 radical (unpaired) electrons. The van der Waals surface area contributed by atoms with Crippen molar-refractivity contribution in [2.45, 2.75) is 26.1 Å². The third-order valence-electron chi connectivity index (χ3n) is 6.95. The molecule has 44 heavy (non-hydrogen) atoms. The number of fused-ring (bicyclic) bond motifs is 1. The Balaban J connectivity index is 1.45. The molecule has 0 spiro atoms. The number of rotatable bonds is 11. The van der Waals surface area contributed by atoms with Crippen LogP contribution in [0.15, 0.2) is 72.9 Å². The van der Waals surface area contributed by atoms with Gasteiger partial charge in [0.05, 0.1) is 40.7 Å². The molecule has 2 heterocycles. The minimum absolute atomic E-state index is 0.142. The standard InChI is InChI=1S/C34H34ClN5O4/c1-22-6-4-7-23(14-22)20-43-31-10-9-25(15-28(31)35)38-34-24(18-36)19-37-29-17-32(44-26-11-13-42-21-26)30(16-27(29)34)39-33(41)8-5-12-40(2)3/h4-10,14-17,19,26H,11-13,20-21H2,1-3H3,(H,37,38)(H,39,41)/b8-5+. The molecule has 1 fully saturated rings. The van der Waals surface area contributed by atoms with Gasteiger partial charge in [0.2, 0.25) is 5.91 Å². The number of ether oxygens (including phenoxy) is 3. The van der Waals surface area contributed by atoms with E-state index in [1.54, 1.807) is 30.3 Å². The van der Waals surface area contributed by atoms with Crippen molar-refractivity contribution in [2.75, 3.05) is 44.5 Å². The van der Waals surface area contributed by atoms with E-state index >= 15 is 0 Å². The number of halogens is 1. The SMILES string of the molecule is Cc1cccc(COc2ccc(Nc3c(C#N)cnc4cc(OC5CCOC5)c(NC(=O)/C=C/CN(C)C)cc34)cc2Cl)c1. The highest BCUT2D eigenvalue weighted by Crippen LogP contribution is 2.38. The minimum Gasteiger partial charge on any atom is -0.487 e. The Morgan fingerprint density at radius 2 is 2.07 bits per heavy atom. The monoisotopic (exact) mass is 611 g/mol. The molecule has 0 saturated carbocycles. The van der Waals surface area contributed by atoms with E-state index in [1.165, 1.54) is 12.3 Å². The fraction of sp³-hybridized carbons (Fsp3) is 0.265. The van der Waals surface area contributed by atoms with Gasteiger partial charge < -0.3 is 29.7 Å². The maximum Gasteiger partial charge on any atom is 0.248 e. The molecule has 3 aromatic carbocycles. The summed E-state index contributed by atoms with van der Waals surface area (Å²) in [5.41, 5.74) is 4.76. The maximum absolute atomic E-state index is 12.8. The summed E-state index contributed by atoms with van der Waals surface area (Å²) >= 11 is 6.60. The topological polar surface area (TPSA) is 109 Å². The van der Waals surface area contributed by atoms with Gasteiger partial charge in [-0.25, -0.2) is 0 Å². The zero-order valence-corrected chi connectivity index (χ0v) is 25.6. The van der Waals surface area contributed by atoms with Crippen LogP contribution < -0.4 is 20.1 Å². The van der Waals surface area contributed by atoms with Gasteiger partial charge in [0.15, 0.2) is 0 Å². The molecule has 4 aromatic rings. The second-order valence-electron chi connectivity index (χ2n) is 10.8. The van der Waals surface area contributed by atoms with Crippen molar-refractivity contribution in [3.8, 4) is 17.6 Å². The number of nitriles is 1. The molecule has 1 saturated heterocycles. The molecular formula is C34H34ClN5O4.